The summed E-state index contributed by atoms with van der Waals surface area (Å²) in [6.45, 7) is 7.26. The molecule has 2 unspecified atom stereocenters. The quantitative estimate of drug-likeness (QED) is 0.245. The van der Waals surface area contributed by atoms with Crippen molar-refractivity contribution in [3.63, 3.8) is 0 Å². The Hall–Kier alpha value is -3.79. The van der Waals surface area contributed by atoms with Gasteiger partial charge in [-0.1, -0.05) is 30.3 Å². The van der Waals surface area contributed by atoms with Crippen molar-refractivity contribution in [2.24, 2.45) is 0 Å². The van der Waals surface area contributed by atoms with Crippen molar-refractivity contribution in [2.45, 2.75) is 37.6 Å². The topological polar surface area (TPSA) is 81.5 Å². The lowest BCUT2D eigenvalue weighted by molar-refractivity contribution is 0.0106. The Bertz CT molecular complexity index is 1470. The van der Waals surface area contributed by atoms with Crippen molar-refractivity contribution < 1.29 is 23.4 Å². The van der Waals surface area contributed by atoms with Gasteiger partial charge in [-0.2, -0.15) is 4.98 Å². The molecule has 3 aromatic carbocycles. The predicted octanol–water partition coefficient (Wildman–Crippen LogP) is 4.99. The molecule has 9 nitrogen and oxygen atoms in total. The van der Waals surface area contributed by atoms with Gasteiger partial charge in [-0.3, -0.25) is 0 Å². The Morgan fingerprint density at radius 2 is 1.93 bits per heavy atom. The van der Waals surface area contributed by atoms with Gasteiger partial charge >= 0.3 is 0 Å². The van der Waals surface area contributed by atoms with Gasteiger partial charge in [-0.05, 0) is 66.9 Å². The zero-order valence-corrected chi connectivity index (χ0v) is 24.7. The largest absolute Gasteiger partial charge is 0.490 e. The zero-order chi connectivity index (χ0) is 29.0. The molecule has 1 aromatic heterocycles. The smallest absolute Gasteiger partial charge is 0.298 e. The summed E-state index contributed by atoms with van der Waals surface area (Å²) in [5.41, 5.74) is 5.32. The molecule has 3 aliphatic heterocycles. The summed E-state index contributed by atoms with van der Waals surface area (Å²) in [6, 6.07) is 23.5. The summed E-state index contributed by atoms with van der Waals surface area (Å²) < 4.78 is 29.9. The van der Waals surface area contributed by atoms with E-state index in [2.05, 4.69) is 62.6 Å². The van der Waals surface area contributed by atoms with Crippen molar-refractivity contribution in [1.82, 2.24) is 10.3 Å². The number of benzene rings is 3. The number of fused-ring (bicyclic) bond motifs is 2. The van der Waals surface area contributed by atoms with E-state index in [9.17, 15) is 0 Å². The van der Waals surface area contributed by atoms with E-state index in [0.717, 1.165) is 87.0 Å². The highest BCUT2D eigenvalue weighted by Gasteiger charge is 2.32. The van der Waals surface area contributed by atoms with Crippen LogP contribution in [0.3, 0.4) is 0 Å². The summed E-state index contributed by atoms with van der Waals surface area (Å²) in [6.07, 6.45) is 2.25. The van der Waals surface area contributed by atoms with Crippen LogP contribution in [-0.4, -0.2) is 76.8 Å². The Labute approximate surface area is 252 Å². The van der Waals surface area contributed by atoms with E-state index in [1.807, 2.05) is 24.3 Å². The average molecular weight is 585 g/mol. The molecular weight excluding hydrogens is 544 g/mol. The fourth-order valence-corrected chi connectivity index (χ4v) is 6.28. The van der Waals surface area contributed by atoms with Crippen molar-refractivity contribution >= 4 is 22.8 Å². The Morgan fingerprint density at radius 3 is 2.79 bits per heavy atom. The second kappa shape index (κ2) is 12.8. The highest BCUT2D eigenvalue weighted by atomic mass is 16.5. The molecule has 0 saturated carbocycles. The minimum Gasteiger partial charge on any atom is -0.490 e. The van der Waals surface area contributed by atoms with Crippen LogP contribution < -0.4 is 24.6 Å². The Balaban J connectivity index is 0.938. The van der Waals surface area contributed by atoms with E-state index in [4.69, 9.17) is 23.4 Å². The molecule has 226 valence electrons. The maximum atomic E-state index is 6.56. The monoisotopic (exact) mass is 584 g/mol. The van der Waals surface area contributed by atoms with Gasteiger partial charge in [0.05, 0.1) is 38.0 Å². The van der Waals surface area contributed by atoms with E-state index < -0.39 is 0 Å². The lowest BCUT2D eigenvalue weighted by Gasteiger charge is -2.37. The summed E-state index contributed by atoms with van der Waals surface area (Å²) in [5.74, 6) is 2.18. The first-order valence-electron chi connectivity index (χ1n) is 15.4. The molecule has 0 spiro atoms. The highest BCUT2D eigenvalue weighted by Crippen LogP contribution is 2.35. The minimum absolute atomic E-state index is 0.0992. The number of anilines is 2. The third kappa shape index (κ3) is 6.30. The third-order valence-corrected chi connectivity index (χ3v) is 8.66. The van der Waals surface area contributed by atoms with Crippen LogP contribution in [0, 0.1) is 0 Å². The Kier molecular flexibility index (Phi) is 8.36. The molecule has 0 aliphatic carbocycles. The number of para-hydroxylation sites is 2. The fourth-order valence-electron chi connectivity index (χ4n) is 6.28. The molecule has 0 amide bonds. The number of piperidine rings is 1. The van der Waals surface area contributed by atoms with Crippen LogP contribution in [-0.2, 0) is 16.1 Å². The Morgan fingerprint density at radius 1 is 1.05 bits per heavy atom. The first-order chi connectivity index (χ1) is 21.2. The second-order valence-electron chi connectivity index (χ2n) is 11.6. The van der Waals surface area contributed by atoms with Gasteiger partial charge in [0, 0.05) is 32.7 Å². The molecule has 7 rings (SSSR count). The van der Waals surface area contributed by atoms with E-state index in [-0.39, 0.29) is 12.2 Å². The molecule has 9 heteroatoms. The molecule has 0 radical (unpaired) electrons. The van der Waals surface area contributed by atoms with E-state index >= 15 is 0 Å². The minimum atomic E-state index is 0.0992. The molecular formula is C34H40N4O5. The summed E-state index contributed by atoms with van der Waals surface area (Å²) in [4.78, 5) is 9.10. The van der Waals surface area contributed by atoms with Crippen LogP contribution in [0.5, 0.6) is 11.5 Å². The number of aromatic nitrogens is 1. The van der Waals surface area contributed by atoms with Crippen molar-refractivity contribution in [1.29, 1.82) is 0 Å². The number of nitrogens with zero attached hydrogens (tertiary/aromatic N) is 3. The summed E-state index contributed by atoms with van der Waals surface area (Å²) >= 11 is 0. The lowest BCUT2D eigenvalue weighted by Crippen LogP contribution is -2.54. The molecule has 2 saturated heterocycles. The predicted molar refractivity (Wildman–Crippen MR) is 167 cm³/mol. The first kappa shape index (κ1) is 28.0. The van der Waals surface area contributed by atoms with Crippen LogP contribution in [0.1, 0.15) is 29.9 Å². The van der Waals surface area contributed by atoms with Gasteiger partial charge in [0.15, 0.2) is 5.58 Å². The SMILES string of the molecule is COCCCN1CCOc2ccc(COC3CNCCC3c3ccc(OC4CN(c5nc6ccccc6o5)C4)cc3)cc21. The molecule has 43 heavy (non-hydrogen) atoms. The molecule has 0 bridgehead atoms. The molecule has 4 aromatic rings. The van der Waals surface area contributed by atoms with Gasteiger partial charge in [0.1, 0.15) is 29.7 Å². The van der Waals surface area contributed by atoms with Gasteiger partial charge in [0.25, 0.3) is 6.01 Å². The summed E-state index contributed by atoms with van der Waals surface area (Å²) in [5, 5.41) is 3.53. The first-order valence-corrected chi connectivity index (χ1v) is 15.4. The number of ether oxygens (including phenoxy) is 4. The van der Waals surface area contributed by atoms with Gasteiger partial charge in [0.2, 0.25) is 0 Å². The molecule has 3 aliphatic rings. The van der Waals surface area contributed by atoms with E-state index in [1.165, 1.54) is 11.1 Å². The number of oxazole rings is 1. The van der Waals surface area contributed by atoms with Crippen molar-refractivity contribution in [3.05, 3.63) is 77.9 Å². The van der Waals surface area contributed by atoms with Gasteiger partial charge < -0.3 is 38.5 Å². The van der Waals surface area contributed by atoms with Crippen molar-refractivity contribution in [2.75, 3.05) is 69.4 Å². The van der Waals surface area contributed by atoms with Crippen LogP contribution in [0.15, 0.2) is 71.1 Å². The molecule has 2 fully saturated rings. The molecule has 1 N–H and O–H groups in total. The maximum Gasteiger partial charge on any atom is 0.298 e. The third-order valence-electron chi connectivity index (χ3n) is 8.66. The second-order valence-corrected chi connectivity index (χ2v) is 11.6. The fraction of sp³-hybridized carbons (Fsp3) is 0.441. The normalized spacial score (nSPS) is 20.5. The maximum absolute atomic E-state index is 6.56. The number of hydrogen-bond acceptors (Lipinski definition) is 9. The standard InChI is InChI=1S/C34H40N4O5/c1-39-17-4-15-37-16-18-40-32-12-7-24(19-30(32)37)23-41-33-20-35-14-13-28(33)25-8-10-26(11-9-25)42-27-21-38(22-27)34-36-29-5-2-3-6-31(29)43-34/h2-3,5-12,19,27-28,33,35H,4,13-18,20-23H2,1H3. The van der Waals surface area contributed by atoms with E-state index in [0.29, 0.717) is 25.1 Å². The number of rotatable bonds is 11. The average Bonchev–Trinajstić information content (AvgIpc) is 3.46. The van der Waals surface area contributed by atoms with Crippen LogP contribution in [0.2, 0.25) is 0 Å². The lowest BCUT2D eigenvalue weighted by atomic mass is 9.87. The number of nitrogens with one attached hydrogen (secondary N) is 1. The van der Waals surface area contributed by atoms with Gasteiger partial charge in [-0.15, -0.1) is 0 Å². The number of hydrogen-bond donors (Lipinski definition) is 1. The van der Waals surface area contributed by atoms with E-state index in [1.54, 1.807) is 7.11 Å². The summed E-state index contributed by atoms with van der Waals surface area (Å²) in [7, 11) is 1.75. The molecule has 2 atom stereocenters. The van der Waals surface area contributed by atoms with Crippen LogP contribution >= 0.6 is 0 Å². The van der Waals surface area contributed by atoms with Crippen LogP contribution in [0.25, 0.3) is 11.1 Å². The number of methoxy groups -OCH3 is 1. The highest BCUT2D eigenvalue weighted by molar-refractivity contribution is 5.74. The van der Waals surface area contributed by atoms with Gasteiger partial charge in [-0.25, -0.2) is 0 Å². The van der Waals surface area contributed by atoms with Crippen LogP contribution in [0.4, 0.5) is 11.7 Å². The zero-order valence-electron chi connectivity index (χ0n) is 24.7. The molecule has 4 heterocycles. The van der Waals surface area contributed by atoms with Crippen molar-refractivity contribution in [3.8, 4) is 11.5 Å².